The molecule has 0 bridgehead atoms. The highest BCUT2D eigenvalue weighted by molar-refractivity contribution is 5.93. The van der Waals surface area contributed by atoms with Crippen LogP contribution in [0.25, 0.3) is 0 Å². The molecule has 1 fully saturated rings. The molecule has 3 rings (SSSR count). The smallest absolute Gasteiger partial charge is 0.291 e. The third-order valence-electron chi connectivity index (χ3n) is 3.12. The van der Waals surface area contributed by atoms with Gasteiger partial charge >= 0.3 is 0 Å². The van der Waals surface area contributed by atoms with E-state index in [9.17, 15) is 4.79 Å². The normalized spacial score (nSPS) is 14.6. The zero-order chi connectivity index (χ0) is 13.9. The Bertz CT molecular complexity index is 641. The van der Waals surface area contributed by atoms with E-state index in [0.29, 0.717) is 11.6 Å². The van der Waals surface area contributed by atoms with Gasteiger partial charge in [0.15, 0.2) is 5.69 Å². The molecule has 0 atom stereocenters. The molecule has 1 aromatic carbocycles. The van der Waals surface area contributed by atoms with Crippen molar-refractivity contribution in [2.75, 3.05) is 0 Å². The summed E-state index contributed by atoms with van der Waals surface area (Å²) in [5.74, 6) is 0.378. The van der Waals surface area contributed by atoms with Crippen molar-refractivity contribution >= 4 is 12.1 Å². The van der Waals surface area contributed by atoms with Crippen molar-refractivity contribution in [2.45, 2.75) is 18.8 Å². The second-order valence-corrected chi connectivity index (χ2v) is 4.77. The summed E-state index contributed by atoms with van der Waals surface area (Å²) >= 11 is 0. The first-order chi connectivity index (χ1) is 9.72. The predicted octanol–water partition coefficient (Wildman–Crippen LogP) is 1.76. The van der Waals surface area contributed by atoms with Crippen molar-refractivity contribution in [3.8, 4) is 5.75 Å². The number of hydrogen-bond acceptors (Lipinski definition) is 4. The first-order valence-corrected chi connectivity index (χ1v) is 6.40. The van der Waals surface area contributed by atoms with Crippen LogP contribution in [0.3, 0.4) is 0 Å². The van der Waals surface area contributed by atoms with Crippen molar-refractivity contribution in [3.05, 3.63) is 47.3 Å². The quantitative estimate of drug-likeness (QED) is 0.584. The molecule has 1 aliphatic carbocycles. The molecule has 1 amide bonds. The van der Waals surface area contributed by atoms with E-state index in [1.807, 2.05) is 0 Å². The van der Waals surface area contributed by atoms with Gasteiger partial charge in [0.2, 0.25) is 0 Å². The number of nitrogens with zero attached hydrogens (tertiary/aromatic N) is 2. The minimum absolute atomic E-state index is 0.190. The van der Waals surface area contributed by atoms with Crippen LogP contribution in [0.4, 0.5) is 0 Å². The molecule has 20 heavy (non-hydrogen) atoms. The number of amides is 1. The summed E-state index contributed by atoms with van der Waals surface area (Å²) in [6.45, 7) is 0. The number of aromatic nitrogens is 2. The van der Waals surface area contributed by atoms with E-state index < -0.39 is 0 Å². The first-order valence-electron chi connectivity index (χ1n) is 6.40. The van der Waals surface area contributed by atoms with E-state index >= 15 is 0 Å². The largest absolute Gasteiger partial charge is 0.508 e. The monoisotopic (exact) mass is 270 g/mol. The molecular formula is C14H14N4O2. The average Bonchev–Trinajstić information content (AvgIpc) is 3.18. The van der Waals surface area contributed by atoms with Gasteiger partial charge in [-0.2, -0.15) is 10.2 Å². The van der Waals surface area contributed by atoms with Crippen molar-refractivity contribution in [2.24, 2.45) is 5.10 Å². The molecule has 0 radical (unpaired) electrons. The van der Waals surface area contributed by atoms with E-state index in [1.165, 1.54) is 6.21 Å². The number of carbonyl (C=O) groups is 1. The Morgan fingerprint density at radius 1 is 1.40 bits per heavy atom. The molecule has 1 aliphatic rings. The molecule has 2 aromatic rings. The number of carbonyl (C=O) groups excluding carboxylic acids is 1. The molecule has 1 saturated carbocycles. The van der Waals surface area contributed by atoms with Gasteiger partial charge in [0.25, 0.3) is 5.91 Å². The Hall–Kier alpha value is -2.63. The van der Waals surface area contributed by atoms with Crippen LogP contribution >= 0.6 is 0 Å². The number of rotatable bonds is 4. The van der Waals surface area contributed by atoms with Crippen LogP contribution in [-0.4, -0.2) is 27.4 Å². The zero-order valence-electron chi connectivity index (χ0n) is 10.7. The van der Waals surface area contributed by atoms with Gasteiger partial charge in [-0.25, -0.2) is 5.43 Å². The summed E-state index contributed by atoms with van der Waals surface area (Å²) < 4.78 is 0. The summed E-state index contributed by atoms with van der Waals surface area (Å²) in [7, 11) is 0. The molecule has 102 valence electrons. The van der Waals surface area contributed by atoms with Crippen LogP contribution in [0, 0.1) is 0 Å². The third-order valence-corrected chi connectivity index (χ3v) is 3.12. The fraction of sp³-hybridized carbons (Fsp3) is 0.214. The summed E-state index contributed by atoms with van der Waals surface area (Å²) in [4.78, 5) is 11.8. The van der Waals surface area contributed by atoms with Gasteiger partial charge < -0.3 is 5.11 Å². The number of aromatic hydroxyl groups is 1. The molecule has 6 nitrogen and oxygen atoms in total. The van der Waals surface area contributed by atoms with E-state index in [-0.39, 0.29) is 11.7 Å². The maximum Gasteiger partial charge on any atom is 0.291 e. The van der Waals surface area contributed by atoms with Crippen LogP contribution in [-0.2, 0) is 0 Å². The van der Waals surface area contributed by atoms with Gasteiger partial charge in [0, 0.05) is 11.6 Å². The Balaban J connectivity index is 1.59. The molecular weight excluding hydrogens is 256 g/mol. The number of benzene rings is 1. The fourth-order valence-corrected chi connectivity index (χ4v) is 1.84. The average molecular weight is 270 g/mol. The van der Waals surface area contributed by atoms with E-state index in [2.05, 4.69) is 20.7 Å². The highest BCUT2D eigenvalue weighted by Crippen LogP contribution is 2.38. The lowest BCUT2D eigenvalue weighted by molar-refractivity contribution is 0.0950. The van der Waals surface area contributed by atoms with Gasteiger partial charge in [-0.05, 0) is 48.7 Å². The summed E-state index contributed by atoms with van der Waals surface area (Å²) in [5.41, 5.74) is 4.56. The number of phenols is 1. The van der Waals surface area contributed by atoms with Gasteiger partial charge in [-0.15, -0.1) is 0 Å². The molecule has 1 aromatic heterocycles. The van der Waals surface area contributed by atoms with Crippen LogP contribution in [0.1, 0.15) is 40.5 Å². The van der Waals surface area contributed by atoms with E-state index in [0.717, 1.165) is 24.1 Å². The summed E-state index contributed by atoms with van der Waals surface area (Å²) in [5, 5.41) is 19.8. The van der Waals surface area contributed by atoms with Crippen LogP contribution in [0.15, 0.2) is 35.4 Å². The summed E-state index contributed by atoms with van der Waals surface area (Å²) in [6.07, 6.45) is 3.82. The number of phenolic OH excluding ortho intramolecular Hbond substituents is 1. The van der Waals surface area contributed by atoms with E-state index in [1.54, 1.807) is 30.3 Å². The zero-order valence-corrected chi connectivity index (χ0v) is 10.7. The number of nitrogens with one attached hydrogen (secondary N) is 2. The van der Waals surface area contributed by atoms with Gasteiger partial charge in [-0.1, -0.05) is 0 Å². The third kappa shape index (κ3) is 2.85. The fourth-order valence-electron chi connectivity index (χ4n) is 1.84. The molecule has 0 unspecified atom stereocenters. The Labute approximate surface area is 115 Å². The van der Waals surface area contributed by atoms with Crippen LogP contribution in [0.2, 0.25) is 0 Å². The van der Waals surface area contributed by atoms with Crippen molar-refractivity contribution in [3.63, 3.8) is 0 Å². The van der Waals surface area contributed by atoms with Crippen molar-refractivity contribution in [1.29, 1.82) is 0 Å². The van der Waals surface area contributed by atoms with Gasteiger partial charge in [0.05, 0.1) is 6.21 Å². The Kier molecular flexibility index (Phi) is 3.20. The molecule has 1 heterocycles. The van der Waals surface area contributed by atoms with Gasteiger partial charge in [-0.3, -0.25) is 9.89 Å². The lowest BCUT2D eigenvalue weighted by atomic mass is 10.2. The molecule has 3 N–H and O–H groups in total. The highest BCUT2D eigenvalue weighted by Gasteiger charge is 2.26. The van der Waals surface area contributed by atoms with Crippen LogP contribution in [0.5, 0.6) is 5.75 Å². The topological polar surface area (TPSA) is 90.4 Å². The van der Waals surface area contributed by atoms with Gasteiger partial charge in [0.1, 0.15) is 5.75 Å². The maximum atomic E-state index is 11.8. The number of aromatic amines is 1. The van der Waals surface area contributed by atoms with Crippen molar-refractivity contribution in [1.82, 2.24) is 15.6 Å². The summed E-state index contributed by atoms with van der Waals surface area (Å²) in [6, 6.07) is 8.27. The first kappa shape index (κ1) is 12.4. The SMILES string of the molecule is O=C(NN=Cc1ccc(O)cc1)c1cc(C2CC2)[nH]n1. The minimum Gasteiger partial charge on any atom is -0.508 e. The molecule has 0 aliphatic heterocycles. The second-order valence-electron chi connectivity index (χ2n) is 4.77. The van der Waals surface area contributed by atoms with E-state index in [4.69, 9.17) is 5.11 Å². The molecule has 0 saturated heterocycles. The van der Waals surface area contributed by atoms with Crippen molar-refractivity contribution < 1.29 is 9.90 Å². The van der Waals surface area contributed by atoms with Crippen LogP contribution < -0.4 is 5.43 Å². The lowest BCUT2D eigenvalue weighted by Crippen LogP contribution is -2.17. The molecule has 6 heteroatoms. The highest BCUT2D eigenvalue weighted by atomic mass is 16.3. The second kappa shape index (κ2) is 5.16. The standard InChI is InChI=1S/C14H14N4O2/c19-11-5-1-9(2-6-11)8-15-18-14(20)13-7-12(16-17-13)10-3-4-10/h1-2,5-8,10,19H,3-4H2,(H,16,17)(H,18,20). The number of H-pyrrole nitrogens is 1. The maximum absolute atomic E-state index is 11.8. The Morgan fingerprint density at radius 3 is 2.85 bits per heavy atom. The minimum atomic E-state index is -0.344. The Morgan fingerprint density at radius 2 is 2.15 bits per heavy atom. The number of hydrazone groups is 1. The number of hydrogen-bond donors (Lipinski definition) is 3. The molecule has 0 spiro atoms. The lowest BCUT2D eigenvalue weighted by Gasteiger charge is -1.95. The predicted molar refractivity (Wildman–Crippen MR) is 73.7 cm³/mol.